The number of aromatic nitrogens is 4. The second-order valence-corrected chi connectivity index (χ2v) is 8.07. The van der Waals surface area contributed by atoms with Crippen LogP contribution in [0, 0.1) is 0 Å². The number of anilines is 1. The number of nitrogens with one attached hydrogen (secondary N) is 1. The van der Waals surface area contributed by atoms with Crippen LogP contribution >= 0.6 is 11.8 Å². The number of thioether (sulfide) groups is 1. The number of hydrogen-bond acceptors (Lipinski definition) is 5. The summed E-state index contributed by atoms with van der Waals surface area (Å²) in [7, 11) is 0. The van der Waals surface area contributed by atoms with Crippen LogP contribution in [0.4, 0.5) is 5.69 Å². The quantitative estimate of drug-likeness (QED) is 0.337. The van der Waals surface area contributed by atoms with Crippen molar-refractivity contribution in [2.24, 2.45) is 0 Å². The number of carbonyl (C=O) groups is 1. The van der Waals surface area contributed by atoms with Gasteiger partial charge in [-0.25, -0.2) is 0 Å². The Bertz CT molecular complexity index is 1310. The summed E-state index contributed by atoms with van der Waals surface area (Å²) in [6.45, 7) is 6.19. The van der Waals surface area contributed by atoms with E-state index in [9.17, 15) is 9.59 Å². The molecule has 0 spiro atoms. The lowest BCUT2D eigenvalue weighted by molar-refractivity contribution is -0.113. The van der Waals surface area contributed by atoms with Gasteiger partial charge < -0.3 is 5.32 Å². The SMILES string of the molecule is C=CCn1c(=O)c2ccccc2n2c(SCC(=O)Nc3ccc(CCC)cc3)nnc12. The Morgan fingerprint density at radius 2 is 1.94 bits per heavy atom. The van der Waals surface area contributed by atoms with Crippen LogP contribution in [0.3, 0.4) is 0 Å². The van der Waals surface area contributed by atoms with E-state index in [1.165, 1.54) is 21.9 Å². The van der Waals surface area contributed by atoms with Crippen LogP contribution in [0.15, 0.2) is 71.1 Å². The van der Waals surface area contributed by atoms with Gasteiger partial charge in [0.2, 0.25) is 11.7 Å². The molecule has 0 unspecified atom stereocenters. The van der Waals surface area contributed by atoms with E-state index >= 15 is 0 Å². The Balaban J connectivity index is 1.58. The monoisotopic (exact) mass is 433 g/mol. The van der Waals surface area contributed by atoms with Gasteiger partial charge in [-0.05, 0) is 36.2 Å². The maximum atomic E-state index is 12.8. The lowest BCUT2D eigenvalue weighted by Crippen LogP contribution is -2.22. The van der Waals surface area contributed by atoms with Crippen molar-refractivity contribution in [2.45, 2.75) is 31.5 Å². The van der Waals surface area contributed by atoms with Gasteiger partial charge in [-0.1, -0.05) is 55.4 Å². The third-order valence-corrected chi connectivity index (χ3v) is 5.83. The number of para-hydroxylation sites is 1. The first-order valence-electron chi connectivity index (χ1n) is 10.1. The molecule has 2 heterocycles. The van der Waals surface area contributed by atoms with E-state index in [0.29, 0.717) is 28.4 Å². The van der Waals surface area contributed by atoms with Crippen molar-refractivity contribution in [3.8, 4) is 0 Å². The molecule has 0 aliphatic heterocycles. The topological polar surface area (TPSA) is 81.3 Å². The average Bonchev–Trinajstić information content (AvgIpc) is 3.21. The van der Waals surface area contributed by atoms with Gasteiger partial charge in [0, 0.05) is 12.2 Å². The molecule has 0 aliphatic carbocycles. The van der Waals surface area contributed by atoms with Crippen LogP contribution in [0.25, 0.3) is 16.7 Å². The fourth-order valence-electron chi connectivity index (χ4n) is 3.49. The van der Waals surface area contributed by atoms with Crippen molar-refractivity contribution in [3.05, 3.63) is 77.1 Å². The maximum Gasteiger partial charge on any atom is 0.263 e. The van der Waals surface area contributed by atoms with Gasteiger partial charge in [-0.2, -0.15) is 0 Å². The Morgan fingerprint density at radius 1 is 1.16 bits per heavy atom. The molecular weight excluding hydrogens is 410 g/mol. The van der Waals surface area contributed by atoms with Gasteiger partial charge in [0.25, 0.3) is 5.56 Å². The molecule has 0 saturated carbocycles. The fourth-order valence-corrected chi connectivity index (χ4v) is 4.23. The first-order chi connectivity index (χ1) is 15.1. The zero-order valence-electron chi connectivity index (χ0n) is 17.2. The van der Waals surface area contributed by atoms with Crippen LogP contribution in [-0.2, 0) is 17.8 Å². The van der Waals surface area contributed by atoms with Crippen molar-refractivity contribution in [1.29, 1.82) is 0 Å². The van der Waals surface area contributed by atoms with Crippen LogP contribution in [0.5, 0.6) is 0 Å². The van der Waals surface area contributed by atoms with E-state index in [1.54, 1.807) is 12.1 Å². The number of hydrogen-bond donors (Lipinski definition) is 1. The van der Waals surface area contributed by atoms with E-state index in [1.807, 2.05) is 46.9 Å². The predicted octanol–water partition coefficient (Wildman–Crippen LogP) is 3.91. The number of carbonyl (C=O) groups excluding carboxylic acids is 1. The lowest BCUT2D eigenvalue weighted by atomic mass is 10.1. The molecule has 2 aromatic carbocycles. The largest absolute Gasteiger partial charge is 0.325 e. The smallest absolute Gasteiger partial charge is 0.263 e. The maximum absolute atomic E-state index is 12.8. The van der Waals surface area contributed by atoms with Gasteiger partial charge in [0.15, 0.2) is 5.16 Å². The minimum absolute atomic E-state index is 0.131. The molecule has 158 valence electrons. The predicted molar refractivity (Wildman–Crippen MR) is 125 cm³/mol. The second kappa shape index (κ2) is 9.18. The highest BCUT2D eigenvalue weighted by Crippen LogP contribution is 2.22. The Hall–Kier alpha value is -3.39. The Morgan fingerprint density at radius 3 is 2.68 bits per heavy atom. The highest BCUT2D eigenvalue weighted by Gasteiger charge is 2.17. The van der Waals surface area contributed by atoms with Crippen LogP contribution in [0.2, 0.25) is 0 Å². The van der Waals surface area contributed by atoms with Gasteiger partial charge in [-0.3, -0.25) is 18.6 Å². The fraction of sp³-hybridized carbons (Fsp3) is 0.217. The molecule has 1 N–H and O–H groups in total. The Kier molecular flexibility index (Phi) is 6.18. The summed E-state index contributed by atoms with van der Waals surface area (Å²) in [5.74, 6) is 0.471. The van der Waals surface area contributed by atoms with Crippen molar-refractivity contribution in [3.63, 3.8) is 0 Å². The summed E-state index contributed by atoms with van der Waals surface area (Å²) in [4.78, 5) is 25.3. The summed E-state index contributed by atoms with van der Waals surface area (Å²) in [6.07, 6.45) is 3.76. The molecule has 0 saturated heterocycles. The average molecular weight is 434 g/mol. The first-order valence-corrected chi connectivity index (χ1v) is 11.1. The number of benzene rings is 2. The molecule has 0 radical (unpaired) electrons. The molecule has 4 aromatic rings. The molecule has 2 aromatic heterocycles. The van der Waals surface area contributed by atoms with Crippen LogP contribution < -0.4 is 10.9 Å². The first kappa shape index (κ1) is 20.9. The second-order valence-electron chi connectivity index (χ2n) is 7.12. The molecule has 8 heteroatoms. The highest BCUT2D eigenvalue weighted by atomic mass is 32.2. The van der Waals surface area contributed by atoms with Crippen molar-refractivity contribution in [1.82, 2.24) is 19.2 Å². The van der Waals surface area contributed by atoms with Gasteiger partial charge in [-0.15, -0.1) is 16.8 Å². The van der Waals surface area contributed by atoms with E-state index in [2.05, 4.69) is 29.0 Å². The molecular formula is C23H23N5O2S. The van der Waals surface area contributed by atoms with Crippen molar-refractivity contribution in [2.75, 3.05) is 11.1 Å². The summed E-state index contributed by atoms with van der Waals surface area (Å²) < 4.78 is 3.35. The normalized spacial score (nSPS) is 11.1. The molecule has 7 nitrogen and oxygen atoms in total. The zero-order valence-corrected chi connectivity index (χ0v) is 18.1. The third kappa shape index (κ3) is 4.25. The number of allylic oxidation sites excluding steroid dienone is 1. The molecule has 0 bridgehead atoms. The van der Waals surface area contributed by atoms with E-state index < -0.39 is 0 Å². The van der Waals surface area contributed by atoms with Crippen molar-refractivity contribution >= 4 is 40.0 Å². The molecule has 0 atom stereocenters. The molecule has 31 heavy (non-hydrogen) atoms. The Labute approximate surface area is 183 Å². The van der Waals surface area contributed by atoms with Gasteiger partial charge in [0.1, 0.15) is 0 Å². The van der Waals surface area contributed by atoms with E-state index in [0.717, 1.165) is 18.5 Å². The molecule has 0 aliphatic rings. The van der Waals surface area contributed by atoms with E-state index in [4.69, 9.17) is 0 Å². The minimum atomic E-state index is -0.142. The van der Waals surface area contributed by atoms with E-state index in [-0.39, 0.29) is 17.2 Å². The molecule has 0 fully saturated rings. The molecule has 4 rings (SSSR count). The third-order valence-electron chi connectivity index (χ3n) is 4.90. The number of rotatable bonds is 8. The summed E-state index contributed by atoms with van der Waals surface area (Å²) >= 11 is 1.28. The summed E-state index contributed by atoms with van der Waals surface area (Å²) in [5, 5.41) is 12.5. The minimum Gasteiger partial charge on any atom is -0.325 e. The number of aryl methyl sites for hydroxylation is 1. The summed E-state index contributed by atoms with van der Waals surface area (Å²) in [5.41, 5.74) is 2.59. The summed E-state index contributed by atoms with van der Waals surface area (Å²) in [6, 6.07) is 15.2. The highest BCUT2D eigenvalue weighted by molar-refractivity contribution is 7.99. The lowest BCUT2D eigenvalue weighted by Gasteiger charge is -2.10. The zero-order chi connectivity index (χ0) is 21.8. The van der Waals surface area contributed by atoms with Crippen LogP contribution in [0.1, 0.15) is 18.9 Å². The number of fused-ring (bicyclic) bond motifs is 3. The molecule has 1 amide bonds. The number of nitrogens with zero attached hydrogens (tertiary/aromatic N) is 4. The van der Waals surface area contributed by atoms with Crippen LogP contribution in [-0.4, -0.2) is 30.8 Å². The van der Waals surface area contributed by atoms with Gasteiger partial charge >= 0.3 is 0 Å². The van der Waals surface area contributed by atoms with Crippen molar-refractivity contribution < 1.29 is 4.79 Å². The number of amides is 1. The standard InChI is InChI=1S/C23H23N5O2S/c1-3-7-16-10-12-17(13-11-16)24-20(29)15-31-23-26-25-22-27(14-4-2)21(30)18-8-5-6-9-19(18)28(22)23/h4-6,8-13H,2-3,7,14-15H2,1H3,(H,24,29). The van der Waals surface area contributed by atoms with Gasteiger partial charge in [0.05, 0.1) is 16.7 Å².